The van der Waals surface area contributed by atoms with Gasteiger partial charge >= 0.3 is 0 Å². The number of nitrogens with one attached hydrogen (secondary N) is 1. The smallest absolute Gasteiger partial charge is 0.138 e. The summed E-state index contributed by atoms with van der Waals surface area (Å²) < 4.78 is 2.16. The first-order valence-electron chi connectivity index (χ1n) is 7.78. The van der Waals surface area contributed by atoms with Crippen LogP contribution >= 0.6 is 0 Å². The number of pyridine rings is 1. The van der Waals surface area contributed by atoms with Crippen LogP contribution in [0.1, 0.15) is 50.6 Å². The summed E-state index contributed by atoms with van der Waals surface area (Å²) in [5.74, 6) is 0.985. The molecule has 3 rings (SSSR count). The summed E-state index contributed by atoms with van der Waals surface area (Å²) in [6, 6.07) is 4.24. The molecule has 1 aliphatic carbocycles. The zero-order chi connectivity index (χ0) is 14.9. The number of fused-ring (bicyclic) bond motifs is 1. The van der Waals surface area contributed by atoms with Gasteiger partial charge in [-0.1, -0.05) is 0 Å². The molecule has 2 aromatic rings. The normalized spacial score (nSPS) is 15.0. The monoisotopic (exact) mass is 284 g/mol. The fourth-order valence-corrected chi connectivity index (χ4v) is 2.74. The van der Waals surface area contributed by atoms with Gasteiger partial charge in [0, 0.05) is 24.0 Å². The minimum atomic E-state index is 0.123. The molecule has 1 aliphatic rings. The molecule has 1 N–H and O–H groups in total. The second kappa shape index (κ2) is 5.60. The molecule has 0 fully saturated rings. The second-order valence-electron chi connectivity index (χ2n) is 6.84. The quantitative estimate of drug-likeness (QED) is 0.942. The number of hydrogen-bond acceptors (Lipinski definition) is 3. The van der Waals surface area contributed by atoms with E-state index in [1.165, 1.54) is 29.8 Å². The molecule has 0 radical (unpaired) electrons. The average molecular weight is 284 g/mol. The summed E-state index contributed by atoms with van der Waals surface area (Å²) >= 11 is 0. The molecule has 2 aromatic heterocycles. The summed E-state index contributed by atoms with van der Waals surface area (Å²) in [7, 11) is 0. The Kier molecular flexibility index (Phi) is 3.81. The molecule has 4 nitrogen and oxygen atoms in total. The van der Waals surface area contributed by atoms with Gasteiger partial charge in [-0.2, -0.15) is 0 Å². The topological polar surface area (TPSA) is 42.7 Å². The van der Waals surface area contributed by atoms with Crippen molar-refractivity contribution in [3.63, 3.8) is 0 Å². The Morgan fingerprint density at radius 2 is 2.00 bits per heavy atom. The highest BCUT2D eigenvalue weighted by molar-refractivity contribution is 5.33. The molecule has 112 valence electrons. The van der Waals surface area contributed by atoms with E-state index in [0.29, 0.717) is 0 Å². The predicted octanol–water partition coefficient (Wildman–Crippen LogP) is 3.03. The number of hydrogen-bond donors (Lipinski definition) is 1. The fraction of sp³-hybridized carbons (Fsp3) is 0.529. The molecule has 0 aliphatic heterocycles. The SMILES string of the molecule is CC(C)(C)NCc1ccnc(-n2cnc3c2CCCC3)c1. The van der Waals surface area contributed by atoms with E-state index >= 15 is 0 Å². The molecular formula is C17H24N4. The van der Waals surface area contributed by atoms with Crippen molar-refractivity contribution in [1.29, 1.82) is 0 Å². The molecule has 0 unspecified atom stereocenters. The van der Waals surface area contributed by atoms with Crippen molar-refractivity contribution in [3.05, 3.63) is 41.6 Å². The minimum absolute atomic E-state index is 0.123. The summed E-state index contributed by atoms with van der Waals surface area (Å²) in [4.78, 5) is 9.08. The van der Waals surface area contributed by atoms with E-state index < -0.39 is 0 Å². The van der Waals surface area contributed by atoms with E-state index in [2.05, 4.69) is 52.8 Å². The van der Waals surface area contributed by atoms with Crippen molar-refractivity contribution in [1.82, 2.24) is 19.9 Å². The van der Waals surface area contributed by atoms with Crippen molar-refractivity contribution >= 4 is 0 Å². The van der Waals surface area contributed by atoms with Gasteiger partial charge in [0.2, 0.25) is 0 Å². The summed E-state index contributed by atoms with van der Waals surface area (Å²) in [5, 5.41) is 3.52. The van der Waals surface area contributed by atoms with Crippen LogP contribution in [0.4, 0.5) is 0 Å². The molecule has 0 atom stereocenters. The molecule has 4 heteroatoms. The summed E-state index contributed by atoms with van der Waals surface area (Å²) in [6.07, 6.45) is 8.55. The van der Waals surface area contributed by atoms with Crippen LogP contribution in [0.2, 0.25) is 0 Å². The van der Waals surface area contributed by atoms with E-state index in [0.717, 1.165) is 25.2 Å². The van der Waals surface area contributed by atoms with Gasteiger partial charge in [-0.15, -0.1) is 0 Å². The van der Waals surface area contributed by atoms with Crippen molar-refractivity contribution in [2.45, 2.75) is 58.5 Å². The van der Waals surface area contributed by atoms with E-state index in [1.54, 1.807) is 0 Å². The number of aromatic nitrogens is 3. The summed E-state index contributed by atoms with van der Waals surface area (Å²) in [5.41, 5.74) is 3.97. The van der Waals surface area contributed by atoms with Gasteiger partial charge in [-0.3, -0.25) is 4.57 Å². The lowest BCUT2D eigenvalue weighted by Gasteiger charge is -2.20. The molecule has 21 heavy (non-hydrogen) atoms. The molecule has 0 spiro atoms. The van der Waals surface area contributed by atoms with Crippen molar-refractivity contribution in [3.8, 4) is 5.82 Å². The predicted molar refractivity (Wildman–Crippen MR) is 84.6 cm³/mol. The Hall–Kier alpha value is -1.68. The van der Waals surface area contributed by atoms with Gasteiger partial charge in [-0.05, 0) is 64.2 Å². The molecule has 0 saturated heterocycles. The van der Waals surface area contributed by atoms with Gasteiger partial charge in [0.1, 0.15) is 12.1 Å². The largest absolute Gasteiger partial charge is 0.308 e. The van der Waals surface area contributed by atoms with Crippen LogP contribution in [0, 0.1) is 0 Å². The second-order valence-corrected chi connectivity index (χ2v) is 6.84. The standard InChI is InChI=1S/C17H24N4/c1-17(2,3)20-11-13-8-9-18-16(10-13)21-12-19-14-6-4-5-7-15(14)21/h8-10,12,20H,4-7,11H2,1-3H3. The van der Waals surface area contributed by atoms with E-state index in [9.17, 15) is 0 Å². The van der Waals surface area contributed by atoms with E-state index in [-0.39, 0.29) is 5.54 Å². The zero-order valence-corrected chi connectivity index (χ0v) is 13.2. The summed E-state index contributed by atoms with van der Waals surface area (Å²) in [6.45, 7) is 7.40. The van der Waals surface area contributed by atoms with Crippen molar-refractivity contribution < 1.29 is 0 Å². The van der Waals surface area contributed by atoms with Crippen LogP contribution in [0.3, 0.4) is 0 Å². The Balaban J connectivity index is 1.84. The zero-order valence-electron chi connectivity index (χ0n) is 13.2. The highest BCUT2D eigenvalue weighted by atomic mass is 15.1. The molecule has 0 aromatic carbocycles. The van der Waals surface area contributed by atoms with Crippen molar-refractivity contribution in [2.75, 3.05) is 0 Å². The molecule has 0 saturated carbocycles. The number of rotatable bonds is 3. The fourth-order valence-electron chi connectivity index (χ4n) is 2.74. The third-order valence-corrected chi connectivity index (χ3v) is 3.91. The molecule has 0 amide bonds. The van der Waals surface area contributed by atoms with Gasteiger partial charge in [0.15, 0.2) is 0 Å². The van der Waals surface area contributed by atoms with Crippen molar-refractivity contribution in [2.24, 2.45) is 0 Å². The van der Waals surface area contributed by atoms with Crippen LogP contribution in [0.5, 0.6) is 0 Å². The van der Waals surface area contributed by atoms with Crippen LogP contribution in [-0.2, 0) is 19.4 Å². The van der Waals surface area contributed by atoms with E-state index in [4.69, 9.17) is 0 Å². The lowest BCUT2D eigenvalue weighted by molar-refractivity contribution is 0.424. The van der Waals surface area contributed by atoms with Crippen LogP contribution in [0.15, 0.2) is 24.7 Å². The number of aryl methyl sites for hydroxylation is 1. The van der Waals surface area contributed by atoms with Gasteiger partial charge in [0.25, 0.3) is 0 Å². The maximum Gasteiger partial charge on any atom is 0.138 e. The number of nitrogens with zero attached hydrogens (tertiary/aromatic N) is 3. The maximum atomic E-state index is 4.56. The first-order chi connectivity index (χ1) is 10.0. The first kappa shape index (κ1) is 14.3. The van der Waals surface area contributed by atoms with Crippen LogP contribution in [0.25, 0.3) is 5.82 Å². The molecule has 0 bridgehead atoms. The minimum Gasteiger partial charge on any atom is -0.308 e. The lowest BCUT2D eigenvalue weighted by atomic mass is 10.0. The Bertz CT molecular complexity index is 622. The molecule has 2 heterocycles. The maximum absolute atomic E-state index is 4.56. The average Bonchev–Trinajstić information content (AvgIpc) is 2.89. The first-order valence-corrected chi connectivity index (χ1v) is 7.78. The Morgan fingerprint density at radius 3 is 2.81 bits per heavy atom. The lowest BCUT2D eigenvalue weighted by Crippen LogP contribution is -2.35. The van der Waals surface area contributed by atoms with Crippen LogP contribution < -0.4 is 5.32 Å². The molecular weight excluding hydrogens is 260 g/mol. The van der Waals surface area contributed by atoms with Gasteiger partial charge < -0.3 is 5.32 Å². The van der Waals surface area contributed by atoms with Gasteiger partial charge in [0.05, 0.1) is 5.69 Å². The third kappa shape index (κ3) is 3.32. The number of imidazole rings is 1. The van der Waals surface area contributed by atoms with Gasteiger partial charge in [-0.25, -0.2) is 9.97 Å². The Labute approximate surface area is 126 Å². The third-order valence-electron chi connectivity index (χ3n) is 3.91. The van der Waals surface area contributed by atoms with E-state index in [1.807, 2.05) is 12.5 Å². The van der Waals surface area contributed by atoms with Crippen LogP contribution in [-0.4, -0.2) is 20.1 Å². The highest BCUT2D eigenvalue weighted by Gasteiger charge is 2.17. The highest BCUT2D eigenvalue weighted by Crippen LogP contribution is 2.22. The Morgan fingerprint density at radius 1 is 1.19 bits per heavy atom.